The fraction of sp³-hybridized carbons (Fsp3) is 0.667. The van der Waals surface area contributed by atoms with Crippen molar-refractivity contribution in [3.05, 3.63) is 34.9 Å². The molecule has 1 aliphatic rings. The van der Waals surface area contributed by atoms with Gasteiger partial charge in [0.1, 0.15) is 0 Å². The second kappa shape index (κ2) is 7.55. The molecule has 0 radical (unpaired) electrons. The van der Waals surface area contributed by atoms with Crippen LogP contribution in [0, 0.1) is 13.8 Å². The lowest BCUT2D eigenvalue weighted by Gasteiger charge is -2.41. The molecule has 0 amide bonds. The summed E-state index contributed by atoms with van der Waals surface area (Å²) in [5.41, 5.74) is 3.49. The molecule has 0 spiro atoms. The van der Waals surface area contributed by atoms with Crippen LogP contribution in [0.5, 0.6) is 0 Å². The Balaban J connectivity index is 1.90. The molecule has 0 bridgehead atoms. The van der Waals surface area contributed by atoms with Crippen molar-refractivity contribution < 1.29 is 10.2 Å². The summed E-state index contributed by atoms with van der Waals surface area (Å²) in [6.07, 6.45) is -0.718. The molecule has 3 atom stereocenters. The fourth-order valence-corrected chi connectivity index (χ4v) is 3.17. The molecule has 4 nitrogen and oxygen atoms in total. The first-order valence-electron chi connectivity index (χ1n) is 8.26. The van der Waals surface area contributed by atoms with E-state index in [1.165, 1.54) is 11.1 Å². The third kappa shape index (κ3) is 4.53. The summed E-state index contributed by atoms with van der Waals surface area (Å²) in [6, 6.07) is 6.61. The summed E-state index contributed by atoms with van der Waals surface area (Å²) in [6.45, 7) is 12.4. The standard InChI is InChI=1S/C18H30N2O2/c1-13-5-6-17(9-14(13)2)18(22)12-19-7-8-20(11-16(4)21)15(3)10-19/h5-6,9,15-16,18,21-22H,7-8,10-12H2,1-4H3/t15-,16-,18+/m0/s1. The smallest absolute Gasteiger partial charge is 0.0917 e. The van der Waals surface area contributed by atoms with Crippen molar-refractivity contribution >= 4 is 0 Å². The number of hydrogen-bond donors (Lipinski definition) is 2. The number of rotatable bonds is 5. The van der Waals surface area contributed by atoms with Crippen LogP contribution in [0.2, 0.25) is 0 Å². The number of benzene rings is 1. The maximum absolute atomic E-state index is 10.5. The van der Waals surface area contributed by atoms with Gasteiger partial charge in [0.2, 0.25) is 0 Å². The Kier molecular flexibility index (Phi) is 5.98. The molecule has 0 unspecified atom stereocenters. The van der Waals surface area contributed by atoms with E-state index >= 15 is 0 Å². The molecule has 0 saturated carbocycles. The quantitative estimate of drug-likeness (QED) is 0.870. The van der Waals surface area contributed by atoms with Gasteiger partial charge in [-0.25, -0.2) is 0 Å². The maximum atomic E-state index is 10.5. The molecule has 2 rings (SSSR count). The minimum absolute atomic E-state index is 0.282. The molecule has 1 fully saturated rings. The van der Waals surface area contributed by atoms with Crippen LogP contribution in [-0.2, 0) is 0 Å². The highest BCUT2D eigenvalue weighted by Crippen LogP contribution is 2.20. The largest absolute Gasteiger partial charge is 0.392 e. The highest BCUT2D eigenvalue weighted by atomic mass is 16.3. The average molecular weight is 306 g/mol. The molecule has 1 heterocycles. The summed E-state index contributed by atoms with van der Waals surface area (Å²) in [7, 11) is 0. The molecule has 124 valence electrons. The normalized spacial score (nSPS) is 23.5. The van der Waals surface area contributed by atoms with Crippen LogP contribution in [0.1, 0.15) is 36.6 Å². The lowest BCUT2D eigenvalue weighted by atomic mass is 10.0. The molecule has 1 aromatic carbocycles. The third-order valence-corrected chi connectivity index (χ3v) is 4.69. The summed E-state index contributed by atoms with van der Waals surface area (Å²) in [4.78, 5) is 4.65. The van der Waals surface area contributed by atoms with Gasteiger partial charge in [-0.1, -0.05) is 18.2 Å². The van der Waals surface area contributed by atoms with Gasteiger partial charge in [0.15, 0.2) is 0 Å². The number of hydrogen-bond acceptors (Lipinski definition) is 4. The van der Waals surface area contributed by atoms with Gasteiger partial charge in [0, 0.05) is 38.8 Å². The first kappa shape index (κ1) is 17.4. The van der Waals surface area contributed by atoms with Gasteiger partial charge in [-0.15, -0.1) is 0 Å². The zero-order valence-electron chi connectivity index (χ0n) is 14.3. The minimum atomic E-state index is -0.435. The number of aliphatic hydroxyl groups excluding tert-OH is 2. The summed E-state index contributed by atoms with van der Waals surface area (Å²) < 4.78 is 0. The lowest BCUT2D eigenvalue weighted by Crippen LogP contribution is -2.54. The molecule has 4 heteroatoms. The van der Waals surface area contributed by atoms with Crippen molar-refractivity contribution in [2.45, 2.75) is 45.9 Å². The van der Waals surface area contributed by atoms with Crippen LogP contribution < -0.4 is 0 Å². The van der Waals surface area contributed by atoms with Gasteiger partial charge in [0.05, 0.1) is 12.2 Å². The molecular weight excluding hydrogens is 276 g/mol. The molecule has 1 aromatic rings. The van der Waals surface area contributed by atoms with Crippen molar-refractivity contribution in [3.63, 3.8) is 0 Å². The number of aliphatic hydroxyl groups is 2. The van der Waals surface area contributed by atoms with Gasteiger partial charge in [-0.05, 0) is 44.4 Å². The van der Waals surface area contributed by atoms with Crippen LogP contribution >= 0.6 is 0 Å². The average Bonchev–Trinajstić information content (AvgIpc) is 2.44. The van der Waals surface area contributed by atoms with Crippen LogP contribution in [0.4, 0.5) is 0 Å². The van der Waals surface area contributed by atoms with E-state index in [1.54, 1.807) is 0 Å². The van der Waals surface area contributed by atoms with E-state index in [0.29, 0.717) is 12.6 Å². The van der Waals surface area contributed by atoms with Crippen LogP contribution in [-0.4, -0.2) is 64.9 Å². The molecule has 2 N–H and O–H groups in total. The predicted molar refractivity (Wildman–Crippen MR) is 90.0 cm³/mol. The van der Waals surface area contributed by atoms with Gasteiger partial charge < -0.3 is 10.2 Å². The monoisotopic (exact) mass is 306 g/mol. The van der Waals surface area contributed by atoms with E-state index in [0.717, 1.165) is 31.7 Å². The predicted octanol–water partition coefficient (Wildman–Crippen LogP) is 1.72. The molecule has 22 heavy (non-hydrogen) atoms. The first-order valence-corrected chi connectivity index (χ1v) is 8.26. The number of aryl methyl sites for hydroxylation is 2. The van der Waals surface area contributed by atoms with E-state index < -0.39 is 6.10 Å². The highest BCUT2D eigenvalue weighted by Gasteiger charge is 2.25. The molecule has 0 aliphatic carbocycles. The second-order valence-corrected chi connectivity index (χ2v) is 6.81. The number of piperazine rings is 1. The van der Waals surface area contributed by atoms with E-state index in [-0.39, 0.29) is 6.10 Å². The molecule has 1 saturated heterocycles. The Hall–Kier alpha value is -0.940. The maximum Gasteiger partial charge on any atom is 0.0917 e. The van der Waals surface area contributed by atoms with Gasteiger partial charge in [-0.2, -0.15) is 0 Å². The second-order valence-electron chi connectivity index (χ2n) is 6.81. The Bertz CT molecular complexity index is 490. The summed E-state index contributed by atoms with van der Waals surface area (Å²) >= 11 is 0. The fourth-order valence-electron chi connectivity index (χ4n) is 3.17. The van der Waals surface area contributed by atoms with Crippen LogP contribution in [0.25, 0.3) is 0 Å². The van der Waals surface area contributed by atoms with Crippen molar-refractivity contribution in [2.75, 3.05) is 32.7 Å². The summed E-state index contributed by atoms with van der Waals surface area (Å²) in [5, 5.41) is 20.0. The van der Waals surface area contributed by atoms with Crippen molar-refractivity contribution in [2.24, 2.45) is 0 Å². The van der Waals surface area contributed by atoms with Crippen molar-refractivity contribution in [1.82, 2.24) is 9.80 Å². The number of β-amino-alcohol motifs (C(OH)–C–C–N with tert-alkyl or cyclic N) is 2. The first-order chi connectivity index (χ1) is 10.4. The zero-order chi connectivity index (χ0) is 16.3. The van der Waals surface area contributed by atoms with E-state index in [2.05, 4.69) is 42.7 Å². The Labute approximate surface area is 134 Å². The molecule has 0 aromatic heterocycles. The van der Waals surface area contributed by atoms with Crippen molar-refractivity contribution in [1.29, 1.82) is 0 Å². The van der Waals surface area contributed by atoms with E-state index in [9.17, 15) is 10.2 Å². The van der Waals surface area contributed by atoms with Crippen LogP contribution in [0.3, 0.4) is 0 Å². The Morgan fingerprint density at radius 3 is 2.45 bits per heavy atom. The summed E-state index contributed by atoms with van der Waals surface area (Å²) in [5.74, 6) is 0. The van der Waals surface area contributed by atoms with Gasteiger partial charge in [0.25, 0.3) is 0 Å². The van der Waals surface area contributed by atoms with Crippen molar-refractivity contribution in [3.8, 4) is 0 Å². The van der Waals surface area contributed by atoms with Gasteiger partial charge >= 0.3 is 0 Å². The minimum Gasteiger partial charge on any atom is -0.392 e. The third-order valence-electron chi connectivity index (χ3n) is 4.69. The zero-order valence-corrected chi connectivity index (χ0v) is 14.3. The van der Waals surface area contributed by atoms with E-state index in [4.69, 9.17) is 0 Å². The lowest BCUT2D eigenvalue weighted by molar-refractivity contribution is 0.0240. The molecular formula is C18H30N2O2. The van der Waals surface area contributed by atoms with Gasteiger partial charge in [-0.3, -0.25) is 9.80 Å². The SMILES string of the molecule is Cc1ccc([C@H](O)CN2CCN(C[C@H](C)O)[C@@H](C)C2)cc1C. The topological polar surface area (TPSA) is 46.9 Å². The number of nitrogens with zero attached hydrogens (tertiary/aromatic N) is 2. The van der Waals surface area contributed by atoms with Crippen LogP contribution in [0.15, 0.2) is 18.2 Å². The molecule has 1 aliphatic heterocycles. The Morgan fingerprint density at radius 1 is 1.14 bits per heavy atom. The highest BCUT2D eigenvalue weighted by molar-refractivity contribution is 5.31. The Morgan fingerprint density at radius 2 is 1.86 bits per heavy atom. The van der Waals surface area contributed by atoms with E-state index in [1.807, 2.05) is 13.0 Å².